The number of aliphatic hydroxyl groups is 1. The number of rotatable bonds is 4. The van der Waals surface area contributed by atoms with Gasteiger partial charge in [-0.25, -0.2) is 14.2 Å². The summed E-state index contributed by atoms with van der Waals surface area (Å²) >= 11 is 1.00. The third-order valence-electron chi connectivity index (χ3n) is 3.91. The lowest BCUT2D eigenvalue weighted by Crippen LogP contribution is -2.12. The molecule has 2 aromatic carbocycles. The van der Waals surface area contributed by atoms with Gasteiger partial charge in [-0.05, 0) is 44.2 Å². The Morgan fingerprint density at radius 3 is 2.71 bits per heavy atom. The number of esters is 1. The summed E-state index contributed by atoms with van der Waals surface area (Å²) in [4.78, 5) is 16.9. The second-order valence-corrected chi connectivity index (χ2v) is 7.02. The largest absolute Gasteiger partial charge is 0.507 e. The van der Waals surface area contributed by atoms with Gasteiger partial charge in [0.15, 0.2) is 0 Å². The topological polar surface area (TPSA) is 79.1 Å². The van der Waals surface area contributed by atoms with Crippen molar-refractivity contribution < 1.29 is 24.1 Å². The molecule has 7 heteroatoms. The zero-order valence-corrected chi connectivity index (χ0v) is 16.1. The number of aliphatic hydroxyl groups excluding tert-OH is 1. The molecular formula is C21H18FNO4S. The van der Waals surface area contributed by atoms with Crippen molar-refractivity contribution in [1.82, 2.24) is 0 Å². The Hall–Kier alpha value is -3.06. The van der Waals surface area contributed by atoms with Crippen molar-refractivity contribution >= 4 is 34.5 Å². The van der Waals surface area contributed by atoms with Gasteiger partial charge in [0, 0.05) is 5.56 Å². The third kappa shape index (κ3) is 4.09. The summed E-state index contributed by atoms with van der Waals surface area (Å²) in [7, 11) is 0. The number of benzene rings is 2. The minimum absolute atomic E-state index is 0.0312. The van der Waals surface area contributed by atoms with Crippen LogP contribution in [-0.2, 0) is 9.53 Å². The minimum atomic E-state index is -0.751. The summed E-state index contributed by atoms with van der Waals surface area (Å²) < 4.78 is 19.0. The Labute approximate surface area is 165 Å². The molecule has 1 aliphatic rings. The normalized spacial score (nSPS) is 16.8. The molecule has 0 fully saturated rings. The Morgan fingerprint density at radius 1 is 1.25 bits per heavy atom. The minimum Gasteiger partial charge on any atom is -0.507 e. The smallest absolute Gasteiger partial charge is 0.344 e. The van der Waals surface area contributed by atoms with Crippen LogP contribution in [0.25, 0.3) is 6.08 Å². The molecule has 144 valence electrons. The van der Waals surface area contributed by atoms with E-state index >= 15 is 0 Å². The van der Waals surface area contributed by atoms with Gasteiger partial charge in [-0.15, -0.1) is 0 Å². The number of hydrogen-bond acceptors (Lipinski definition) is 6. The van der Waals surface area contributed by atoms with Gasteiger partial charge in [-0.2, -0.15) is 0 Å². The predicted octanol–water partition coefficient (Wildman–Crippen LogP) is 5.03. The van der Waals surface area contributed by atoms with E-state index in [1.54, 1.807) is 37.3 Å². The maximum Gasteiger partial charge on any atom is 0.344 e. The molecule has 0 radical (unpaired) electrons. The van der Waals surface area contributed by atoms with Crippen LogP contribution in [0.4, 0.5) is 10.1 Å². The van der Waals surface area contributed by atoms with Crippen molar-refractivity contribution in [1.29, 1.82) is 0 Å². The standard InChI is InChI=1S/C21H18FNO4S/c1-3-27-21(26)18-19(25)17(11-13-10-12(2)8-9-16(13)24)28-20(18)23-15-7-5-4-6-14(15)22/h4-11,24-25H,3H2,1-2H3/b17-11+,23-20?. The van der Waals surface area contributed by atoms with E-state index in [0.717, 1.165) is 17.3 Å². The molecule has 28 heavy (non-hydrogen) atoms. The van der Waals surface area contributed by atoms with Crippen LogP contribution in [0.2, 0.25) is 0 Å². The van der Waals surface area contributed by atoms with Crippen molar-refractivity contribution in [2.24, 2.45) is 4.99 Å². The van der Waals surface area contributed by atoms with E-state index in [1.165, 1.54) is 18.2 Å². The summed E-state index contributed by atoms with van der Waals surface area (Å²) in [6.45, 7) is 3.63. The van der Waals surface area contributed by atoms with Gasteiger partial charge in [0.25, 0.3) is 0 Å². The van der Waals surface area contributed by atoms with Crippen LogP contribution in [0.1, 0.15) is 18.1 Å². The summed E-state index contributed by atoms with van der Waals surface area (Å²) in [5.74, 6) is -1.59. The molecule has 2 N–H and O–H groups in total. The van der Waals surface area contributed by atoms with Crippen molar-refractivity contribution in [3.63, 3.8) is 0 Å². The molecule has 2 aromatic rings. The van der Waals surface area contributed by atoms with Crippen LogP contribution >= 0.6 is 11.8 Å². The molecule has 0 amide bonds. The maximum absolute atomic E-state index is 14.0. The van der Waals surface area contributed by atoms with Crippen LogP contribution in [0.15, 0.2) is 63.7 Å². The molecule has 3 rings (SSSR count). The first-order valence-electron chi connectivity index (χ1n) is 8.54. The van der Waals surface area contributed by atoms with Gasteiger partial charge in [0.05, 0.1) is 11.5 Å². The zero-order chi connectivity index (χ0) is 20.3. The maximum atomic E-state index is 14.0. The van der Waals surface area contributed by atoms with Crippen molar-refractivity contribution in [2.45, 2.75) is 13.8 Å². The Kier molecular flexibility index (Phi) is 5.84. The van der Waals surface area contributed by atoms with E-state index in [-0.39, 0.29) is 34.4 Å². The van der Waals surface area contributed by atoms with Gasteiger partial charge in [-0.3, -0.25) is 0 Å². The number of halogens is 1. The second-order valence-electron chi connectivity index (χ2n) is 5.99. The van der Waals surface area contributed by atoms with E-state index < -0.39 is 11.8 Å². The number of carbonyl (C=O) groups is 1. The molecule has 0 bridgehead atoms. The van der Waals surface area contributed by atoms with Gasteiger partial charge >= 0.3 is 5.97 Å². The van der Waals surface area contributed by atoms with E-state index in [4.69, 9.17) is 4.74 Å². The molecule has 0 aliphatic carbocycles. The van der Waals surface area contributed by atoms with Gasteiger partial charge in [0.1, 0.15) is 33.6 Å². The second kappa shape index (κ2) is 8.31. The number of carbonyl (C=O) groups excluding carboxylic acids is 1. The fourth-order valence-electron chi connectivity index (χ4n) is 2.57. The first-order chi connectivity index (χ1) is 13.4. The number of nitrogens with zero attached hydrogens (tertiary/aromatic N) is 1. The highest BCUT2D eigenvalue weighted by molar-refractivity contribution is 8.18. The van der Waals surface area contributed by atoms with Crippen LogP contribution in [0, 0.1) is 12.7 Å². The van der Waals surface area contributed by atoms with Gasteiger partial charge in [-0.1, -0.05) is 35.5 Å². The fourth-order valence-corrected chi connectivity index (χ4v) is 3.59. The predicted molar refractivity (Wildman–Crippen MR) is 108 cm³/mol. The SMILES string of the molecule is CCOC(=O)C1=C(O)/C(=C\c2cc(C)ccc2O)SC1=Nc1ccccc1F. The van der Waals surface area contributed by atoms with Gasteiger partial charge in [0.2, 0.25) is 0 Å². The zero-order valence-electron chi connectivity index (χ0n) is 15.3. The highest BCUT2D eigenvalue weighted by atomic mass is 32.2. The highest BCUT2D eigenvalue weighted by Crippen LogP contribution is 2.41. The van der Waals surface area contributed by atoms with Crippen molar-refractivity contribution in [3.05, 3.63) is 75.6 Å². The molecule has 0 saturated carbocycles. The molecule has 0 aromatic heterocycles. The van der Waals surface area contributed by atoms with E-state index in [0.29, 0.717) is 10.5 Å². The molecule has 0 spiro atoms. The molecule has 0 saturated heterocycles. The number of phenols is 1. The lowest BCUT2D eigenvalue weighted by molar-refractivity contribution is -0.138. The molecule has 5 nitrogen and oxygen atoms in total. The van der Waals surface area contributed by atoms with E-state index in [1.807, 2.05) is 6.92 Å². The summed E-state index contributed by atoms with van der Waals surface area (Å²) in [6.07, 6.45) is 1.55. The Morgan fingerprint density at radius 2 is 2.00 bits per heavy atom. The van der Waals surface area contributed by atoms with E-state index in [2.05, 4.69) is 4.99 Å². The number of aliphatic imine (C=N–C) groups is 1. The summed E-state index contributed by atoms with van der Waals surface area (Å²) in [6, 6.07) is 10.9. The summed E-state index contributed by atoms with van der Waals surface area (Å²) in [5, 5.41) is 20.8. The van der Waals surface area contributed by atoms with Crippen LogP contribution in [0.5, 0.6) is 5.75 Å². The average Bonchev–Trinajstić information content (AvgIpc) is 2.95. The molecule has 1 heterocycles. The molecule has 1 aliphatic heterocycles. The van der Waals surface area contributed by atoms with E-state index in [9.17, 15) is 19.4 Å². The van der Waals surface area contributed by atoms with Crippen LogP contribution in [-0.4, -0.2) is 27.8 Å². The molecule has 0 unspecified atom stereocenters. The van der Waals surface area contributed by atoms with Crippen LogP contribution in [0.3, 0.4) is 0 Å². The number of phenolic OH excluding ortho intramolecular Hbond substituents is 1. The first-order valence-corrected chi connectivity index (χ1v) is 9.35. The number of hydrogen-bond donors (Lipinski definition) is 2. The fraction of sp³-hybridized carbons (Fsp3) is 0.143. The lowest BCUT2D eigenvalue weighted by Gasteiger charge is -2.04. The van der Waals surface area contributed by atoms with Crippen molar-refractivity contribution in [3.8, 4) is 5.75 Å². The number of ether oxygens (including phenoxy) is 1. The molecular weight excluding hydrogens is 381 g/mol. The number of para-hydroxylation sites is 1. The first kappa shape index (κ1) is 19.7. The monoisotopic (exact) mass is 399 g/mol. The van der Waals surface area contributed by atoms with Gasteiger partial charge < -0.3 is 14.9 Å². The number of aryl methyl sites for hydroxylation is 1. The number of aromatic hydroxyl groups is 1. The lowest BCUT2D eigenvalue weighted by atomic mass is 10.1. The van der Waals surface area contributed by atoms with Crippen LogP contribution < -0.4 is 0 Å². The highest BCUT2D eigenvalue weighted by Gasteiger charge is 2.33. The molecule has 0 atom stereocenters. The summed E-state index contributed by atoms with van der Waals surface area (Å²) in [5.41, 5.74) is 1.30. The number of thioether (sulfide) groups is 1. The Balaban J connectivity index is 2.10. The quantitative estimate of drug-likeness (QED) is 0.705. The average molecular weight is 399 g/mol. The van der Waals surface area contributed by atoms with Crippen molar-refractivity contribution in [2.75, 3.05) is 6.61 Å². The Bertz CT molecular complexity index is 1030. The third-order valence-corrected chi connectivity index (χ3v) is 4.93.